The Hall–Kier alpha value is -1.51. The van der Waals surface area contributed by atoms with E-state index in [1.54, 1.807) is 0 Å². The molecule has 0 spiro atoms. The number of hydrogen-bond acceptors (Lipinski definition) is 1. The summed E-state index contributed by atoms with van der Waals surface area (Å²) in [6.45, 7) is 0. The maximum absolute atomic E-state index is 3.50. The fourth-order valence-corrected chi connectivity index (χ4v) is 4.38. The standard InChI is InChI=1S/C19H13BrS/c20-13-9-11-14(12-10-13)21-19-17-7-3-1-5-15(17)16-6-2-4-8-18(16)19/h1-12,19H. The molecule has 0 aromatic heterocycles. The van der Waals surface area contributed by atoms with E-state index >= 15 is 0 Å². The van der Waals surface area contributed by atoms with Crippen molar-refractivity contribution in [3.05, 3.63) is 88.4 Å². The van der Waals surface area contributed by atoms with Crippen LogP contribution in [0.5, 0.6) is 0 Å². The topological polar surface area (TPSA) is 0 Å². The molecule has 102 valence electrons. The van der Waals surface area contributed by atoms with Crippen molar-refractivity contribution in [1.29, 1.82) is 0 Å². The zero-order valence-corrected chi connectivity index (χ0v) is 13.7. The van der Waals surface area contributed by atoms with Gasteiger partial charge in [-0.05, 0) is 46.5 Å². The van der Waals surface area contributed by atoms with Gasteiger partial charge in [0, 0.05) is 9.37 Å². The monoisotopic (exact) mass is 352 g/mol. The summed E-state index contributed by atoms with van der Waals surface area (Å²) in [7, 11) is 0. The number of fused-ring (bicyclic) bond motifs is 3. The van der Waals surface area contributed by atoms with Crippen molar-refractivity contribution in [3.63, 3.8) is 0 Å². The molecule has 0 amide bonds. The number of rotatable bonds is 2. The summed E-state index contributed by atoms with van der Waals surface area (Å²) in [5, 5.41) is 0.388. The van der Waals surface area contributed by atoms with Crippen molar-refractivity contribution < 1.29 is 0 Å². The molecule has 3 aromatic carbocycles. The van der Waals surface area contributed by atoms with Gasteiger partial charge in [-0.1, -0.05) is 64.5 Å². The van der Waals surface area contributed by atoms with E-state index in [0.29, 0.717) is 5.25 Å². The van der Waals surface area contributed by atoms with E-state index < -0.39 is 0 Å². The zero-order chi connectivity index (χ0) is 14.2. The molecule has 0 heterocycles. The van der Waals surface area contributed by atoms with Gasteiger partial charge >= 0.3 is 0 Å². The van der Waals surface area contributed by atoms with Crippen LogP contribution < -0.4 is 0 Å². The molecule has 0 unspecified atom stereocenters. The van der Waals surface area contributed by atoms with E-state index in [1.807, 2.05) is 11.8 Å². The van der Waals surface area contributed by atoms with Crippen LogP contribution in [-0.2, 0) is 0 Å². The summed E-state index contributed by atoms with van der Waals surface area (Å²) in [6.07, 6.45) is 0. The third kappa shape index (κ3) is 2.33. The number of halogens is 1. The molecule has 1 aliphatic carbocycles. The highest BCUT2D eigenvalue weighted by atomic mass is 79.9. The van der Waals surface area contributed by atoms with Gasteiger partial charge in [0.25, 0.3) is 0 Å². The summed E-state index contributed by atoms with van der Waals surface area (Å²) >= 11 is 5.42. The van der Waals surface area contributed by atoms with Crippen molar-refractivity contribution in [2.75, 3.05) is 0 Å². The number of thioether (sulfide) groups is 1. The number of benzene rings is 3. The molecule has 2 heteroatoms. The molecule has 0 N–H and O–H groups in total. The van der Waals surface area contributed by atoms with Gasteiger partial charge in [-0.2, -0.15) is 0 Å². The Morgan fingerprint density at radius 2 is 1.19 bits per heavy atom. The van der Waals surface area contributed by atoms with Gasteiger partial charge in [0.2, 0.25) is 0 Å². The molecular formula is C19H13BrS. The van der Waals surface area contributed by atoms with Crippen molar-refractivity contribution in [1.82, 2.24) is 0 Å². The summed E-state index contributed by atoms with van der Waals surface area (Å²) in [5.74, 6) is 0. The maximum Gasteiger partial charge on any atom is 0.0606 e. The Kier molecular flexibility index (Phi) is 3.36. The van der Waals surface area contributed by atoms with Gasteiger partial charge < -0.3 is 0 Å². The second-order valence-electron chi connectivity index (χ2n) is 5.13. The quantitative estimate of drug-likeness (QED) is 0.520. The highest BCUT2D eigenvalue weighted by Crippen LogP contribution is 2.52. The fourth-order valence-electron chi connectivity index (χ4n) is 2.89. The minimum Gasteiger partial charge on any atom is -0.113 e. The van der Waals surface area contributed by atoms with Crippen LogP contribution in [0.15, 0.2) is 82.2 Å². The number of hydrogen-bond donors (Lipinski definition) is 0. The molecule has 21 heavy (non-hydrogen) atoms. The highest BCUT2D eigenvalue weighted by Gasteiger charge is 2.28. The van der Waals surface area contributed by atoms with E-state index in [2.05, 4.69) is 88.7 Å². The maximum atomic E-state index is 3.50. The lowest BCUT2D eigenvalue weighted by molar-refractivity contribution is 1.21. The van der Waals surface area contributed by atoms with Crippen molar-refractivity contribution in [2.24, 2.45) is 0 Å². The van der Waals surface area contributed by atoms with Crippen LogP contribution in [0.25, 0.3) is 11.1 Å². The minimum absolute atomic E-state index is 0.388. The van der Waals surface area contributed by atoms with Crippen molar-refractivity contribution >= 4 is 27.7 Å². The average molecular weight is 353 g/mol. The third-order valence-electron chi connectivity index (χ3n) is 3.84. The minimum atomic E-state index is 0.388. The molecule has 0 atom stereocenters. The van der Waals surface area contributed by atoms with Crippen molar-refractivity contribution in [3.8, 4) is 11.1 Å². The SMILES string of the molecule is Brc1ccc(SC2c3ccccc3-c3ccccc32)cc1. The van der Waals surface area contributed by atoms with Crippen LogP contribution in [0.1, 0.15) is 16.4 Å². The van der Waals surface area contributed by atoms with Gasteiger partial charge in [-0.3, -0.25) is 0 Å². The molecule has 0 saturated carbocycles. The molecule has 0 fully saturated rings. The summed E-state index contributed by atoms with van der Waals surface area (Å²) in [6, 6.07) is 26.1. The lowest BCUT2D eigenvalue weighted by Crippen LogP contribution is -1.90. The van der Waals surface area contributed by atoms with Gasteiger partial charge in [-0.25, -0.2) is 0 Å². The summed E-state index contributed by atoms with van der Waals surface area (Å²) < 4.78 is 1.12. The zero-order valence-electron chi connectivity index (χ0n) is 11.3. The molecular weight excluding hydrogens is 340 g/mol. The first-order chi connectivity index (χ1) is 10.3. The Balaban J connectivity index is 1.79. The molecule has 0 saturated heterocycles. The van der Waals surface area contributed by atoms with Crippen LogP contribution in [0.2, 0.25) is 0 Å². The lowest BCUT2D eigenvalue weighted by Gasteiger charge is -2.13. The first-order valence-electron chi connectivity index (χ1n) is 6.93. The Morgan fingerprint density at radius 1 is 0.667 bits per heavy atom. The molecule has 0 bridgehead atoms. The van der Waals surface area contributed by atoms with Gasteiger partial charge in [0.05, 0.1) is 5.25 Å². The second kappa shape index (κ2) is 5.36. The first kappa shape index (κ1) is 13.2. The fraction of sp³-hybridized carbons (Fsp3) is 0.0526. The Morgan fingerprint density at radius 3 is 1.76 bits per heavy atom. The predicted octanol–water partition coefficient (Wildman–Crippen LogP) is 6.31. The van der Waals surface area contributed by atoms with Crippen LogP contribution in [0, 0.1) is 0 Å². The molecule has 0 radical (unpaired) electrons. The Bertz CT molecular complexity index is 747. The second-order valence-corrected chi connectivity index (χ2v) is 7.22. The largest absolute Gasteiger partial charge is 0.113 e. The molecule has 0 nitrogen and oxygen atoms in total. The van der Waals surface area contributed by atoms with E-state index in [4.69, 9.17) is 0 Å². The van der Waals surface area contributed by atoms with Crippen LogP contribution >= 0.6 is 27.7 Å². The summed E-state index contributed by atoms with van der Waals surface area (Å²) in [4.78, 5) is 1.30. The Labute approximate surface area is 137 Å². The van der Waals surface area contributed by atoms with E-state index in [-0.39, 0.29) is 0 Å². The van der Waals surface area contributed by atoms with Crippen LogP contribution in [0.4, 0.5) is 0 Å². The smallest absolute Gasteiger partial charge is 0.0606 e. The summed E-state index contributed by atoms with van der Waals surface area (Å²) in [5.41, 5.74) is 5.60. The van der Waals surface area contributed by atoms with E-state index in [1.165, 1.54) is 27.1 Å². The molecule has 0 aliphatic heterocycles. The van der Waals surface area contributed by atoms with Gasteiger partial charge in [0.1, 0.15) is 0 Å². The molecule has 4 rings (SSSR count). The normalized spacial score (nSPS) is 13.0. The van der Waals surface area contributed by atoms with Crippen LogP contribution in [-0.4, -0.2) is 0 Å². The highest BCUT2D eigenvalue weighted by molar-refractivity contribution is 9.10. The third-order valence-corrected chi connectivity index (χ3v) is 5.66. The van der Waals surface area contributed by atoms with E-state index in [9.17, 15) is 0 Å². The van der Waals surface area contributed by atoms with Gasteiger partial charge in [-0.15, -0.1) is 11.8 Å². The average Bonchev–Trinajstić information content (AvgIpc) is 2.85. The van der Waals surface area contributed by atoms with Crippen molar-refractivity contribution in [2.45, 2.75) is 10.1 Å². The van der Waals surface area contributed by atoms with E-state index in [0.717, 1.165) is 4.47 Å². The first-order valence-corrected chi connectivity index (χ1v) is 8.60. The van der Waals surface area contributed by atoms with Crippen LogP contribution in [0.3, 0.4) is 0 Å². The predicted molar refractivity (Wildman–Crippen MR) is 93.7 cm³/mol. The molecule has 1 aliphatic rings. The van der Waals surface area contributed by atoms with Gasteiger partial charge in [0.15, 0.2) is 0 Å². The molecule has 3 aromatic rings. The lowest BCUT2D eigenvalue weighted by atomic mass is 10.1.